The van der Waals surface area contributed by atoms with E-state index in [2.05, 4.69) is 17.0 Å². The van der Waals surface area contributed by atoms with E-state index in [9.17, 15) is 4.79 Å². The lowest BCUT2D eigenvalue weighted by molar-refractivity contribution is 0.0628. The number of benzene rings is 2. The van der Waals surface area contributed by atoms with E-state index in [1.54, 1.807) is 19.2 Å². The summed E-state index contributed by atoms with van der Waals surface area (Å²) in [7, 11) is 1.67. The molecule has 2 aromatic carbocycles. The topological polar surface area (TPSA) is 51.2 Å². The second-order valence-corrected chi connectivity index (χ2v) is 7.02. The monoisotopic (exact) mass is 388 g/mol. The lowest BCUT2D eigenvalue weighted by atomic mass is 10.1. The molecule has 4 rings (SSSR count). The van der Waals surface area contributed by atoms with E-state index in [1.807, 2.05) is 17.0 Å². The third kappa shape index (κ3) is 3.82. The Balaban J connectivity index is 1.36. The van der Waals surface area contributed by atoms with Crippen LogP contribution in [0.5, 0.6) is 17.2 Å². The summed E-state index contributed by atoms with van der Waals surface area (Å²) >= 11 is 6.20. The minimum absolute atomic E-state index is 0.0284. The Morgan fingerprint density at radius 1 is 1.11 bits per heavy atom. The maximum absolute atomic E-state index is 12.8. The number of hydrogen-bond acceptors (Lipinski definition) is 5. The molecule has 2 aliphatic rings. The smallest absolute Gasteiger partial charge is 0.254 e. The van der Waals surface area contributed by atoms with Crippen molar-refractivity contribution in [3.8, 4) is 17.2 Å². The summed E-state index contributed by atoms with van der Waals surface area (Å²) < 4.78 is 15.9. The van der Waals surface area contributed by atoms with Gasteiger partial charge in [-0.25, -0.2) is 0 Å². The average molecular weight is 389 g/mol. The molecule has 2 heterocycles. The maximum atomic E-state index is 12.8. The molecule has 1 saturated heterocycles. The number of amides is 1. The zero-order valence-corrected chi connectivity index (χ0v) is 15.9. The highest BCUT2D eigenvalue weighted by atomic mass is 35.5. The number of piperazine rings is 1. The normalized spacial score (nSPS) is 16.4. The van der Waals surface area contributed by atoms with E-state index in [4.69, 9.17) is 25.8 Å². The Morgan fingerprint density at radius 3 is 2.56 bits per heavy atom. The molecule has 0 atom stereocenters. The van der Waals surface area contributed by atoms with Crippen LogP contribution in [0.2, 0.25) is 5.02 Å². The Labute approximate surface area is 163 Å². The van der Waals surface area contributed by atoms with Crippen LogP contribution in [0, 0.1) is 0 Å². The zero-order chi connectivity index (χ0) is 18.8. The van der Waals surface area contributed by atoms with Crippen molar-refractivity contribution in [1.29, 1.82) is 0 Å². The summed E-state index contributed by atoms with van der Waals surface area (Å²) in [5.41, 5.74) is 1.77. The highest BCUT2D eigenvalue weighted by Gasteiger charge is 2.26. The van der Waals surface area contributed by atoms with Gasteiger partial charge in [-0.1, -0.05) is 23.7 Å². The molecule has 7 heteroatoms. The predicted molar refractivity (Wildman–Crippen MR) is 102 cm³/mol. The Morgan fingerprint density at radius 2 is 1.85 bits per heavy atom. The molecule has 0 aliphatic carbocycles. The Bertz CT molecular complexity index is 833. The molecule has 2 aliphatic heterocycles. The first-order valence-corrected chi connectivity index (χ1v) is 9.25. The van der Waals surface area contributed by atoms with Gasteiger partial charge in [-0.05, 0) is 29.8 Å². The summed E-state index contributed by atoms with van der Waals surface area (Å²) in [6.07, 6.45) is 0. The van der Waals surface area contributed by atoms with E-state index < -0.39 is 0 Å². The summed E-state index contributed by atoms with van der Waals surface area (Å²) in [6, 6.07) is 11.5. The van der Waals surface area contributed by atoms with Crippen molar-refractivity contribution in [3.05, 3.63) is 52.5 Å². The second-order valence-electron chi connectivity index (χ2n) is 6.61. The van der Waals surface area contributed by atoms with Gasteiger partial charge in [0, 0.05) is 38.3 Å². The first kappa shape index (κ1) is 17.9. The van der Waals surface area contributed by atoms with Gasteiger partial charge in [0.15, 0.2) is 11.5 Å². The zero-order valence-electron chi connectivity index (χ0n) is 15.1. The van der Waals surface area contributed by atoms with Gasteiger partial charge in [0.05, 0.1) is 12.1 Å². The molecule has 0 spiro atoms. The minimum Gasteiger partial charge on any atom is -0.497 e. The third-order valence-corrected chi connectivity index (χ3v) is 5.18. The highest BCUT2D eigenvalue weighted by molar-refractivity contribution is 6.32. The molecular weight excluding hydrogens is 368 g/mol. The first-order valence-electron chi connectivity index (χ1n) is 8.88. The van der Waals surface area contributed by atoms with E-state index in [0.717, 1.165) is 25.4 Å². The fourth-order valence-corrected chi connectivity index (χ4v) is 3.64. The van der Waals surface area contributed by atoms with Crippen LogP contribution in [0.3, 0.4) is 0 Å². The van der Waals surface area contributed by atoms with Crippen molar-refractivity contribution in [2.45, 2.75) is 6.54 Å². The van der Waals surface area contributed by atoms with Crippen molar-refractivity contribution in [2.24, 2.45) is 0 Å². The van der Waals surface area contributed by atoms with E-state index in [0.29, 0.717) is 35.2 Å². The molecule has 6 nitrogen and oxygen atoms in total. The van der Waals surface area contributed by atoms with Crippen molar-refractivity contribution in [1.82, 2.24) is 9.80 Å². The van der Waals surface area contributed by atoms with E-state index in [1.165, 1.54) is 5.56 Å². The molecule has 27 heavy (non-hydrogen) atoms. The average Bonchev–Trinajstić information content (AvgIpc) is 3.18. The van der Waals surface area contributed by atoms with Crippen LogP contribution in [0.25, 0.3) is 0 Å². The van der Waals surface area contributed by atoms with E-state index in [-0.39, 0.29) is 12.7 Å². The molecule has 1 fully saturated rings. The van der Waals surface area contributed by atoms with Crippen molar-refractivity contribution in [3.63, 3.8) is 0 Å². The number of halogens is 1. The summed E-state index contributed by atoms with van der Waals surface area (Å²) in [5, 5.41) is 0.409. The Kier molecular flexibility index (Phi) is 5.09. The molecule has 142 valence electrons. The third-order valence-electron chi connectivity index (χ3n) is 4.90. The molecular formula is C20H21ClN2O4. The highest BCUT2D eigenvalue weighted by Crippen LogP contribution is 2.40. The van der Waals surface area contributed by atoms with Gasteiger partial charge in [-0.2, -0.15) is 0 Å². The van der Waals surface area contributed by atoms with Gasteiger partial charge in [-0.3, -0.25) is 9.69 Å². The number of fused-ring (bicyclic) bond motifs is 1. The largest absolute Gasteiger partial charge is 0.497 e. The molecule has 0 aromatic heterocycles. The fraction of sp³-hybridized carbons (Fsp3) is 0.350. The standard InChI is InChI=1S/C20H21ClN2O4/c1-25-16-4-2-14(3-5-16)12-22-6-8-23(9-7-22)20(24)15-10-17(21)19-18(11-15)26-13-27-19/h2-5,10-11H,6-9,12-13H2,1H3. The summed E-state index contributed by atoms with van der Waals surface area (Å²) in [6.45, 7) is 4.02. The lowest BCUT2D eigenvalue weighted by Crippen LogP contribution is -2.48. The number of carbonyl (C=O) groups excluding carboxylic acids is 1. The van der Waals surface area contributed by atoms with Crippen molar-refractivity contribution >= 4 is 17.5 Å². The van der Waals surface area contributed by atoms with Gasteiger partial charge in [0.1, 0.15) is 5.75 Å². The van der Waals surface area contributed by atoms with Crippen molar-refractivity contribution < 1.29 is 19.0 Å². The molecule has 0 bridgehead atoms. The minimum atomic E-state index is -0.0284. The molecule has 2 aromatic rings. The molecule has 0 saturated carbocycles. The number of methoxy groups -OCH3 is 1. The fourth-order valence-electron chi connectivity index (χ4n) is 3.37. The first-order chi connectivity index (χ1) is 13.1. The number of rotatable bonds is 4. The molecule has 0 radical (unpaired) electrons. The van der Waals surface area contributed by atoms with Crippen LogP contribution in [-0.4, -0.2) is 55.8 Å². The lowest BCUT2D eigenvalue weighted by Gasteiger charge is -2.34. The van der Waals surface area contributed by atoms with Gasteiger partial charge in [-0.15, -0.1) is 0 Å². The quantitative estimate of drug-likeness (QED) is 0.805. The number of nitrogens with zero attached hydrogens (tertiary/aromatic N) is 2. The number of hydrogen-bond donors (Lipinski definition) is 0. The summed E-state index contributed by atoms with van der Waals surface area (Å²) in [4.78, 5) is 17.0. The molecule has 1 amide bonds. The number of ether oxygens (including phenoxy) is 3. The van der Waals surface area contributed by atoms with Gasteiger partial charge >= 0.3 is 0 Å². The van der Waals surface area contributed by atoms with Crippen LogP contribution in [0.15, 0.2) is 36.4 Å². The van der Waals surface area contributed by atoms with Crippen LogP contribution < -0.4 is 14.2 Å². The second kappa shape index (κ2) is 7.66. The predicted octanol–water partition coefficient (Wildman–Crippen LogP) is 3.04. The van der Waals surface area contributed by atoms with Gasteiger partial charge < -0.3 is 19.1 Å². The SMILES string of the molecule is COc1ccc(CN2CCN(C(=O)c3cc(Cl)c4c(c3)OCO4)CC2)cc1. The van der Waals surface area contributed by atoms with Crippen LogP contribution in [-0.2, 0) is 6.54 Å². The van der Waals surface area contributed by atoms with Crippen LogP contribution in [0.1, 0.15) is 15.9 Å². The van der Waals surface area contributed by atoms with Crippen molar-refractivity contribution in [2.75, 3.05) is 40.1 Å². The number of carbonyl (C=O) groups is 1. The van der Waals surface area contributed by atoms with Gasteiger partial charge in [0.25, 0.3) is 5.91 Å². The maximum Gasteiger partial charge on any atom is 0.254 e. The van der Waals surface area contributed by atoms with Crippen LogP contribution in [0.4, 0.5) is 0 Å². The Hall–Kier alpha value is -2.44. The summed E-state index contributed by atoms with van der Waals surface area (Å²) in [5.74, 6) is 1.87. The van der Waals surface area contributed by atoms with Gasteiger partial charge in [0.2, 0.25) is 6.79 Å². The molecule has 0 N–H and O–H groups in total. The van der Waals surface area contributed by atoms with E-state index >= 15 is 0 Å². The van der Waals surface area contributed by atoms with Crippen LogP contribution >= 0.6 is 11.6 Å². The molecule has 0 unspecified atom stereocenters.